The lowest BCUT2D eigenvalue weighted by Crippen LogP contribution is -2.40. The van der Waals surface area contributed by atoms with Crippen LogP contribution in [0.25, 0.3) is 10.4 Å². The maximum atomic E-state index is 12.6. The third-order valence-electron chi connectivity index (χ3n) is 7.29. The second-order valence-electron chi connectivity index (χ2n) is 10.4. The van der Waals surface area contributed by atoms with Crippen molar-refractivity contribution >= 4 is 46.9 Å². The van der Waals surface area contributed by atoms with Gasteiger partial charge in [-0.2, -0.15) is 0 Å². The van der Waals surface area contributed by atoms with Crippen LogP contribution in [-0.2, 0) is 14.3 Å². The standard InChI is InChI=1S/C32H38N4O5S/c1-35(18-6-5-9-29(38)33-26-12-10-24(23-37)11-13-26)30(39)16-21-36-19-14-27(15-20-36)41-32(40)34-28-17-22-42-31(28)25-7-3-2-4-8-25/h2-4,7-8,10-13,17,22-23,27H,5-6,9,14-16,18-21H2,1H3,(H,33,38)(H,34,40). The molecule has 0 atom stereocenters. The molecule has 3 amide bonds. The van der Waals surface area contributed by atoms with Crippen molar-refractivity contribution in [3.63, 3.8) is 0 Å². The minimum absolute atomic E-state index is 0.0810. The van der Waals surface area contributed by atoms with Gasteiger partial charge in [-0.3, -0.25) is 19.7 Å². The highest BCUT2D eigenvalue weighted by atomic mass is 32.1. The van der Waals surface area contributed by atoms with Gasteiger partial charge in [-0.15, -0.1) is 11.3 Å². The normalized spacial score (nSPS) is 13.7. The van der Waals surface area contributed by atoms with Gasteiger partial charge in [0.05, 0.1) is 10.6 Å². The molecule has 2 aromatic carbocycles. The van der Waals surface area contributed by atoms with E-state index in [1.807, 2.05) is 41.8 Å². The molecule has 42 heavy (non-hydrogen) atoms. The van der Waals surface area contributed by atoms with E-state index >= 15 is 0 Å². The quantitative estimate of drug-likeness (QED) is 0.190. The molecule has 0 saturated carbocycles. The van der Waals surface area contributed by atoms with Crippen molar-refractivity contribution < 1.29 is 23.9 Å². The zero-order chi connectivity index (χ0) is 29.7. The Balaban J connectivity index is 1.07. The van der Waals surface area contributed by atoms with Crippen LogP contribution in [0.5, 0.6) is 0 Å². The van der Waals surface area contributed by atoms with Gasteiger partial charge in [0.25, 0.3) is 0 Å². The number of piperidine rings is 1. The van der Waals surface area contributed by atoms with Gasteiger partial charge >= 0.3 is 6.09 Å². The molecular formula is C32H38N4O5S. The van der Waals surface area contributed by atoms with E-state index in [2.05, 4.69) is 15.5 Å². The molecule has 10 heteroatoms. The summed E-state index contributed by atoms with van der Waals surface area (Å²) in [4.78, 5) is 53.0. The first-order valence-electron chi connectivity index (χ1n) is 14.3. The number of carbonyl (C=O) groups excluding carboxylic acids is 4. The highest BCUT2D eigenvalue weighted by Gasteiger charge is 2.23. The number of unbranched alkanes of at least 4 members (excludes halogenated alkanes) is 1. The Kier molecular flexibility index (Phi) is 11.7. The van der Waals surface area contributed by atoms with E-state index in [1.165, 1.54) is 0 Å². The van der Waals surface area contributed by atoms with Crippen LogP contribution in [0, 0.1) is 0 Å². The molecular weight excluding hydrogens is 552 g/mol. The summed E-state index contributed by atoms with van der Waals surface area (Å²) in [6.07, 6.45) is 3.86. The zero-order valence-electron chi connectivity index (χ0n) is 23.9. The molecule has 4 rings (SSSR count). The van der Waals surface area contributed by atoms with E-state index in [0.717, 1.165) is 54.8 Å². The molecule has 2 heterocycles. The zero-order valence-corrected chi connectivity index (χ0v) is 24.7. The minimum Gasteiger partial charge on any atom is -0.446 e. The lowest BCUT2D eigenvalue weighted by atomic mass is 10.1. The van der Waals surface area contributed by atoms with Crippen molar-refractivity contribution in [2.24, 2.45) is 0 Å². The van der Waals surface area contributed by atoms with E-state index in [9.17, 15) is 19.2 Å². The molecule has 3 aromatic rings. The molecule has 0 spiro atoms. The molecule has 0 unspecified atom stereocenters. The number of likely N-dealkylation sites (tertiary alicyclic amines) is 1. The number of carbonyl (C=O) groups is 4. The van der Waals surface area contributed by atoms with Gasteiger partial charge in [-0.1, -0.05) is 30.3 Å². The van der Waals surface area contributed by atoms with Crippen molar-refractivity contribution in [2.75, 3.05) is 43.9 Å². The van der Waals surface area contributed by atoms with Crippen LogP contribution in [0.2, 0.25) is 0 Å². The number of anilines is 2. The molecule has 0 bridgehead atoms. The Morgan fingerprint density at radius 3 is 2.43 bits per heavy atom. The fraction of sp³-hybridized carbons (Fsp3) is 0.375. The number of hydrogen-bond acceptors (Lipinski definition) is 7. The van der Waals surface area contributed by atoms with Crippen molar-refractivity contribution in [1.82, 2.24) is 9.80 Å². The Bertz CT molecular complexity index is 1320. The van der Waals surface area contributed by atoms with Gasteiger partial charge in [0.15, 0.2) is 0 Å². The molecule has 0 aliphatic carbocycles. The van der Waals surface area contributed by atoms with E-state index in [1.54, 1.807) is 47.5 Å². The predicted octanol–water partition coefficient (Wildman–Crippen LogP) is 5.90. The molecule has 1 aromatic heterocycles. The number of rotatable bonds is 13. The lowest BCUT2D eigenvalue weighted by molar-refractivity contribution is -0.130. The van der Waals surface area contributed by atoms with Crippen LogP contribution in [0.4, 0.5) is 16.2 Å². The van der Waals surface area contributed by atoms with Crippen LogP contribution in [0.15, 0.2) is 66.0 Å². The number of thiophene rings is 1. The second kappa shape index (κ2) is 15.8. The number of amides is 3. The van der Waals surface area contributed by atoms with Gasteiger partial charge in [-0.05, 0) is 67.0 Å². The Hall–Kier alpha value is -4.02. The Labute approximate surface area is 250 Å². The number of benzene rings is 2. The molecule has 2 N–H and O–H groups in total. The number of nitrogens with zero attached hydrogens (tertiary/aromatic N) is 2. The largest absolute Gasteiger partial charge is 0.446 e. The Morgan fingerprint density at radius 1 is 0.976 bits per heavy atom. The van der Waals surface area contributed by atoms with Crippen LogP contribution < -0.4 is 10.6 Å². The number of nitrogens with one attached hydrogen (secondary N) is 2. The molecule has 1 saturated heterocycles. The second-order valence-corrected chi connectivity index (χ2v) is 11.3. The molecule has 1 aliphatic rings. The minimum atomic E-state index is -0.438. The van der Waals surface area contributed by atoms with Crippen LogP contribution >= 0.6 is 11.3 Å². The average molecular weight is 591 g/mol. The summed E-state index contributed by atoms with van der Waals surface area (Å²) in [6, 6.07) is 18.6. The van der Waals surface area contributed by atoms with E-state index in [4.69, 9.17) is 4.74 Å². The van der Waals surface area contributed by atoms with Gasteiger partial charge < -0.3 is 19.9 Å². The van der Waals surface area contributed by atoms with Crippen molar-refractivity contribution in [2.45, 2.75) is 44.6 Å². The van der Waals surface area contributed by atoms with Gasteiger partial charge in [0.2, 0.25) is 11.8 Å². The summed E-state index contributed by atoms with van der Waals surface area (Å²) in [5.41, 5.74) is 3.03. The summed E-state index contributed by atoms with van der Waals surface area (Å²) in [5.74, 6) is -0.00597. The van der Waals surface area contributed by atoms with E-state index in [-0.39, 0.29) is 17.9 Å². The fourth-order valence-electron chi connectivity index (χ4n) is 4.83. The number of ether oxygens (including phenoxy) is 1. The van der Waals surface area contributed by atoms with Crippen LogP contribution in [0.3, 0.4) is 0 Å². The summed E-state index contributed by atoms with van der Waals surface area (Å²) in [6.45, 7) is 2.81. The first-order chi connectivity index (χ1) is 20.4. The topological polar surface area (TPSA) is 108 Å². The smallest absolute Gasteiger partial charge is 0.411 e. The lowest BCUT2D eigenvalue weighted by Gasteiger charge is -2.31. The number of aldehydes is 1. The van der Waals surface area contributed by atoms with Crippen molar-refractivity contribution in [3.8, 4) is 10.4 Å². The van der Waals surface area contributed by atoms with Gasteiger partial charge in [-0.25, -0.2) is 4.79 Å². The van der Waals surface area contributed by atoms with Crippen molar-refractivity contribution in [1.29, 1.82) is 0 Å². The predicted molar refractivity (Wildman–Crippen MR) is 166 cm³/mol. The van der Waals surface area contributed by atoms with Gasteiger partial charge in [0, 0.05) is 57.3 Å². The fourth-order valence-corrected chi connectivity index (χ4v) is 5.69. The van der Waals surface area contributed by atoms with Crippen molar-refractivity contribution in [3.05, 3.63) is 71.6 Å². The SMILES string of the molecule is CN(CCCCC(=O)Nc1ccc(C=O)cc1)C(=O)CCN1CCC(OC(=O)Nc2ccsc2-c2ccccc2)CC1. The van der Waals surface area contributed by atoms with Crippen LogP contribution in [-0.4, -0.2) is 73.3 Å². The maximum Gasteiger partial charge on any atom is 0.411 e. The summed E-state index contributed by atoms with van der Waals surface area (Å²) >= 11 is 1.58. The highest BCUT2D eigenvalue weighted by Crippen LogP contribution is 2.33. The average Bonchev–Trinajstić information content (AvgIpc) is 3.47. The molecule has 9 nitrogen and oxygen atoms in total. The highest BCUT2D eigenvalue weighted by molar-refractivity contribution is 7.14. The molecule has 222 valence electrons. The summed E-state index contributed by atoms with van der Waals surface area (Å²) < 4.78 is 5.69. The maximum absolute atomic E-state index is 12.6. The third kappa shape index (κ3) is 9.53. The third-order valence-corrected chi connectivity index (χ3v) is 8.26. The Morgan fingerprint density at radius 2 is 1.71 bits per heavy atom. The monoisotopic (exact) mass is 590 g/mol. The summed E-state index contributed by atoms with van der Waals surface area (Å²) in [7, 11) is 1.80. The summed E-state index contributed by atoms with van der Waals surface area (Å²) in [5, 5.41) is 7.67. The van der Waals surface area contributed by atoms with E-state index in [0.29, 0.717) is 43.6 Å². The first kappa shape index (κ1) is 30.9. The molecule has 0 radical (unpaired) electrons. The molecule has 1 fully saturated rings. The van der Waals surface area contributed by atoms with Crippen LogP contribution in [0.1, 0.15) is 48.9 Å². The first-order valence-corrected chi connectivity index (χ1v) is 15.2. The molecule has 1 aliphatic heterocycles. The van der Waals surface area contributed by atoms with E-state index < -0.39 is 6.09 Å². The number of hydrogen-bond donors (Lipinski definition) is 2. The van der Waals surface area contributed by atoms with Gasteiger partial charge in [0.1, 0.15) is 12.4 Å².